The molecule has 0 amide bonds. The van der Waals surface area contributed by atoms with Gasteiger partial charge in [0.25, 0.3) is 0 Å². The average molecular weight is 311 g/mol. The molecule has 6 heteroatoms. The fraction of sp³-hybridized carbons (Fsp3) is 0.667. The third kappa shape index (κ3) is 3.74. The molecule has 0 saturated carbocycles. The van der Waals surface area contributed by atoms with Gasteiger partial charge in [0.2, 0.25) is 10.0 Å². The minimum atomic E-state index is -3.40. The van der Waals surface area contributed by atoms with Crippen LogP contribution in [0, 0.1) is 11.8 Å². The lowest BCUT2D eigenvalue weighted by Crippen LogP contribution is -2.29. The molecular formula is C15H25N3O2S. The van der Waals surface area contributed by atoms with Crippen molar-refractivity contribution in [1.29, 1.82) is 0 Å². The van der Waals surface area contributed by atoms with Crippen LogP contribution in [0.15, 0.2) is 23.2 Å². The number of pyridine rings is 1. The first-order valence-electron chi connectivity index (χ1n) is 7.65. The Labute approximate surface area is 127 Å². The van der Waals surface area contributed by atoms with Crippen LogP contribution >= 0.6 is 0 Å². The Balaban J connectivity index is 2.09. The molecular weight excluding hydrogens is 286 g/mol. The zero-order valence-electron chi connectivity index (χ0n) is 13.0. The maximum absolute atomic E-state index is 12.6. The van der Waals surface area contributed by atoms with E-state index in [1.165, 1.54) is 6.20 Å². The Hall–Kier alpha value is -1.14. The lowest BCUT2D eigenvalue weighted by atomic mass is 9.96. The molecule has 0 aliphatic carbocycles. The number of sulfonamides is 1. The highest BCUT2D eigenvalue weighted by atomic mass is 32.2. The fourth-order valence-corrected chi connectivity index (χ4v) is 4.01. The number of anilines is 1. The molecule has 2 rings (SSSR count). The molecule has 1 aliphatic heterocycles. The number of aromatic nitrogens is 1. The first kappa shape index (κ1) is 16.2. The van der Waals surface area contributed by atoms with Crippen LogP contribution in [0.2, 0.25) is 0 Å². The van der Waals surface area contributed by atoms with Crippen molar-refractivity contribution in [2.24, 2.45) is 11.8 Å². The van der Waals surface area contributed by atoms with Crippen molar-refractivity contribution in [3.8, 4) is 0 Å². The van der Waals surface area contributed by atoms with Gasteiger partial charge in [-0.2, -0.15) is 4.31 Å². The predicted molar refractivity (Wildman–Crippen MR) is 84.7 cm³/mol. The van der Waals surface area contributed by atoms with E-state index in [0.29, 0.717) is 24.9 Å². The van der Waals surface area contributed by atoms with Crippen molar-refractivity contribution in [3.63, 3.8) is 0 Å². The molecule has 1 fully saturated rings. The van der Waals surface area contributed by atoms with Crippen LogP contribution in [0.25, 0.3) is 0 Å². The minimum absolute atomic E-state index is 0.286. The summed E-state index contributed by atoms with van der Waals surface area (Å²) in [6.45, 7) is 8.44. The fourth-order valence-electron chi connectivity index (χ4n) is 2.56. The molecule has 1 saturated heterocycles. The molecule has 1 N–H and O–H groups in total. The predicted octanol–water partition coefficient (Wildman–Crippen LogP) is 2.57. The molecule has 118 valence electrons. The smallest absolute Gasteiger partial charge is 0.244 e. The van der Waals surface area contributed by atoms with Gasteiger partial charge in [-0.05, 0) is 36.8 Å². The molecule has 0 bridgehead atoms. The monoisotopic (exact) mass is 311 g/mol. The molecule has 0 spiro atoms. The van der Waals surface area contributed by atoms with Gasteiger partial charge >= 0.3 is 0 Å². The summed E-state index contributed by atoms with van der Waals surface area (Å²) < 4.78 is 26.8. The molecule has 1 atom stereocenters. The van der Waals surface area contributed by atoms with Crippen molar-refractivity contribution in [2.75, 3.05) is 25.0 Å². The highest BCUT2D eigenvalue weighted by Gasteiger charge is 2.33. The van der Waals surface area contributed by atoms with E-state index in [4.69, 9.17) is 0 Å². The van der Waals surface area contributed by atoms with Gasteiger partial charge in [0.05, 0.1) is 0 Å². The largest absolute Gasteiger partial charge is 0.370 e. The Morgan fingerprint density at radius 3 is 2.71 bits per heavy atom. The summed E-state index contributed by atoms with van der Waals surface area (Å²) in [5.74, 6) is 1.69. The topological polar surface area (TPSA) is 62.3 Å². The number of nitrogens with one attached hydrogen (secondary N) is 1. The Bertz CT molecular complexity index is 555. The van der Waals surface area contributed by atoms with Crippen molar-refractivity contribution in [2.45, 2.75) is 38.5 Å². The molecule has 1 aromatic heterocycles. The first-order chi connectivity index (χ1) is 9.95. The highest BCUT2D eigenvalue weighted by Crippen LogP contribution is 2.28. The van der Waals surface area contributed by atoms with Crippen LogP contribution in [0.4, 0.5) is 5.82 Å². The SMILES string of the molecule is CCCNc1ccc(S(=O)(=O)N2CCC(C(C)C)C2)cn1. The maximum Gasteiger partial charge on any atom is 0.244 e. The van der Waals surface area contributed by atoms with Gasteiger partial charge in [-0.1, -0.05) is 20.8 Å². The Morgan fingerprint density at radius 2 is 2.19 bits per heavy atom. The lowest BCUT2D eigenvalue weighted by Gasteiger charge is -2.18. The summed E-state index contributed by atoms with van der Waals surface area (Å²) in [6, 6.07) is 3.38. The molecule has 21 heavy (non-hydrogen) atoms. The van der Waals surface area contributed by atoms with Crippen LogP contribution in [0.5, 0.6) is 0 Å². The zero-order chi connectivity index (χ0) is 15.5. The van der Waals surface area contributed by atoms with Crippen LogP contribution < -0.4 is 5.32 Å². The van der Waals surface area contributed by atoms with Gasteiger partial charge in [-0.25, -0.2) is 13.4 Å². The van der Waals surface area contributed by atoms with E-state index in [0.717, 1.165) is 25.2 Å². The van der Waals surface area contributed by atoms with Crippen LogP contribution in [0.3, 0.4) is 0 Å². The summed E-state index contributed by atoms with van der Waals surface area (Å²) in [4.78, 5) is 4.48. The average Bonchev–Trinajstić information content (AvgIpc) is 2.96. The second-order valence-electron chi connectivity index (χ2n) is 5.96. The van der Waals surface area contributed by atoms with E-state index in [1.807, 2.05) is 0 Å². The van der Waals surface area contributed by atoms with Crippen molar-refractivity contribution >= 4 is 15.8 Å². The van der Waals surface area contributed by atoms with E-state index in [-0.39, 0.29) is 4.90 Å². The number of nitrogens with zero attached hydrogens (tertiary/aromatic N) is 2. The molecule has 0 aromatic carbocycles. The van der Waals surface area contributed by atoms with Gasteiger partial charge in [0, 0.05) is 25.8 Å². The lowest BCUT2D eigenvalue weighted by molar-refractivity contribution is 0.388. The maximum atomic E-state index is 12.6. The third-order valence-electron chi connectivity index (χ3n) is 4.06. The Kier molecular flexibility index (Phi) is 5.22. The quantitative estimate of drug-likeness (QED) is 0.877. The molecule has 5 nitrogen and oxygen atoms in total. The normalized spacial score (nSPS) is 20.1. The molecule has 1 unspecified atom stereocenters. The minimum Gasteiger partial charge on any atom is -0.370 e. The van der Waals surface area contributed by atoms with Crippen molar-refractivity contribution < 1.29 is 8.42 Å². The second kappa shape index (κ2) is 6.75. The number of hydrogen-bond acceptors (Lipinski definition) is 4. The van der Waals surface area contributed by atoms with Crippen LogP contribution in [-0.4, -0.2) is 37.3 Å². The van der Waals surface area contributed by atoms with E-state index < -0.39 is 10.0 Å². The first-order valence-corrected chi connectivity index (χ1v) is 9.09. The molecule has 1 aliphatic rings. The van der Waals surface area contributed by atoms with E-state index >= 15 is 0 Å². The van der Waals surface area contributed by atoms with Crippen molar-refractivity contribution in [1.82, 2.24) is 9.29 Å². The summed E-state index contributed by atoms with van der Waals surface area (Å²) in [6.07, 6.45) is 3.41. The summed E-state index contributed by atoms with van der Waals surface area (Å²) in [5.41, 5.74) is 0. The number of rotatable bonds is 6. The van der Waals surface area contributed by atoms with E-state index in [2.05, 4.69) is 31.1 Å². The van der Waals surface area contributed by atoms with E-state index in [9.17, 15) is 8.42 Å². The van der Waals surface area contributed by atoms with E-state index in [1.54, 1.807) is 16.4 Å². The highest BCUT2D eigenvalue weighted by molar-refractivity contribution is 7.89. The second-order valence-corrected chi connectivity index (χ2v) is 7.90. The standard InChI is InChI=1S/C15H25N3O2S/c1-4-8-16-15-6-5-14(10-17-15)21(19,20)18-9-7-13(11-18)12(2)3/h5-6,10,12-13H,4,7-9,11H2,1-3H3,(H,16,17). The van der Waals surface area contributed by atoms with Gasteiger partial charge in [0.1, 0.15) is 10.7 Å². The van der Waals surface area contributed by atoms with Crippen molar-refractivity contribution in [3.05, 3.63) is 18.3 Å². The van der Waals surface area contributed by atoms with Crippen LogP contribution in [-0.2, 0) is 10.0 Å². The molecule has 0 radical (unpaired) electrons. The number of hydrogen-bond donors (Lipinski definition) is 1. The van der Waals surface area contributed by atoms with Crippen LogP contribution in [0.1, 0.15) is 33.6 Å². The van der Waals surface area contributed by atoms with Gasteiger partial charge in [0.15, 0.2) is 0 Å². The van der Waals surface area contributed by atoms with Gasteiger partial charge in [-0.3, -0.25) is 0 Å². The van der Waals surface area contributed by atoms with Gasteiger partial charge in [-0.15, -0.1) is 0 Å². The summed E-state index contributed by atoms with van der Waals surface area (Å²) in [7, 11) is -3.40. The summed E-state index contributed by atoms with van der Waals surface area (Å²) in [5, 5.41) is 3.14. The third-order valence-corrected chi connectivity index (χ3v) is 5.91. The molecule has 2 heterocycles. The van der Waals surface area contributed by atoms with Gasteiger partial charge < -0.3 is 5.32 Å². The summed E-state index contributed by atoms with van der Waals surface area (Å²) >= 11 is 0. The Morgan fingerprint density at radius 1 is 1.43 bits per heavy atom. The molecule has 1 aromatic rings. The zero-order valence-corrected chi connectivity index (χ0v) is 13.9.